The summed E-state index contributed by atoms with van der Waals surface area (Å²) in [5, 5.41) is 4.02. The van der Waals surface area contributed by atoms with Crippen molar-refractivity contribution >= 4 is 22.8 Å². The van der Waals surface area contributed by atoms with Gasteiger partial charge in [0.05, 0.1) is 25.5 Å². The normalized spacial score (nSPS) is 16.3. The molecule has 1 aliphatic rings. The van der Waals surface area contributed by atoms with Crippen LogP contribution >= 0.6 is 0 Å². The Balaban J connectivity index is 1.50. The van der Waals surface area contributed by atoms with E-state index in [0.717, 1.165) is 59.0 Å². The molecule has 0 aliphatic carbocycles. The number of hydrogen-bond acceptors (Lipinski definition) is 7. The molecule has 4 rings (SSSR count). The molecule has 1 fully saturated rings. The van der Waals surface area contributed by atoms with Crippen LogP contribution in [0.4, 0.5) is 5.82 Å². The van der Waals surface area contributed by atoms with Crippen molar-refractivity contribution in [2.24, 2.45) is 5.92 Å². The van der Waals surface area contributed by atoms with Crippen molar-refractivity contribution in [1.29, 1.82) is 0 Å². The van der Waals surface area contributed by atoms with E-state index < -0.39 is 0 Å². The van der Waals surface area contributed by atoms with Crippen molar-refractivity contribution in [3.05, 3.63) is 40.9 Å². The number of rotatable bonds is 6. The van der Waals surface area contributed by atoms with Crippen molar-refractivity contribution < 1.29 is 18.7 Å². The van der Waals surface area contributed by atoms with Crippen LogP contribution in [0.2, 0.25) is 0 Å². The quantitative estimate of drug-likeness (QED) is 0.628. The monoisotopic (exact) mass is 438 g/mol. The number of piperidine rings is 1. The molecule has 2 aromatic heterocycles. The molecule has 1 N–H and O–H groups in total. The molecular weight excluding hydrogens is 408 g/mol. The Morgan fingerprint density at radius 1 is 1.22 bits per heavy atom. The SMILES string of the molecule is COc1ccc(OC)c(CNC(=O)[C@@H]2CCCN(c3nc(C)nc4oc(C)c(C)c34)C2)c1. The average Bonchev–Trinajstić information content (AvgIpc) is 3.09. The van der Waals surface area contributed by atoms with Gasteiger partial charge in [-0.15, -0.1) is 0 Å². The fraction of sp³-hybridized carbons (Fsp3) is 0.458. The molecule has 8 heteroatoms. The number of aryl methyl sites for hydroxylation is 3. The van der Waals surface area contributed by atoms with Crippen LogP contribution < -0.4 is 19.7 Å². The minimum Gasteiger partial charge on any atom is -0.497 e. The minimum atomic E-state index is -0.126. The maximum Gasteiger partial charge on any atom is 0.231 e. The molecular formula is C24H30N4O4. The number of hydrogen-bond donors (Lipinski definition) is 1. The molecule has 1 aromatic carbocycles. The van der Waals surface area contributed by atoms with E-state index in [2.05, 4.69) is 15.2 Å². The van der Waals surface area contributed by atoms with Crippen molar-refractivity contribution in [2.45, 2.75) is 40.2 Å². The first-order valence-electron chi connectivity index (χ1n) is 10.9. The standard InChI is InChI=1S/C24H30N4O4/c1-14-15(2)32-24-21(14)22(26-16(3)27-24)28-10-6-7-17(13-28)23(29)25-12-18-11-19(30-4)8-9-20(18)31-5/h8-9,11,17H,6-7,10,12-13H2,1-5H3,(H,25,29)/t17-/m1/s1. The maximum absolute atomic E-state index is 13.0. The first kappa shape index (κ1) is 21.9. The summed E-state index contributed by atoms with van der Waals surface area (Å²) in [5.41, 5.74) is 2.54. The van der Waals surface area contributed by atoms with Gasteiger partial charge in [-0.2, -0.15) is 4.98 Å². The fourth-order valence-corrected chi connectivity index (χ4v) is 4.29. The number of fused-ring (bicyclic) bond motifs is 1. The summed E-state index contributed by atoms with van der Waals surface area (Å²) < 4.78 is 16.6. The van der Waals surface area contributed by atoms with Crippen LogP contribution in [0.5, 0.6) is 11.5 Å². The van der Waals surface area contributed by atoms with Gasteiger partial charge in [-0.25, -0.2) is 4.98 Å². The lowest BCUT2D eigenvalue weighted by Crippen LogP contribution is -2.43. The Morgan fingerprint density at radius 2 is 2.03 bits per heavy atom. The first-order valence-corrected chi connectivity index (χ1v) is 10.9. The molecule has 0 unspecified atom stereocenters. The average molecular weight is 439 g/mol. The van der Waals surface area contributed by atoms with Gasteiger partial charge in [0.1, 0.15) is 28.9 Å². The molecule has 1 atom stereocenters. The van der Waals surface area contributed by atoms with Crippen molar-refractivity contribution in [1.82, 2.24) is 15.3 Å². The molecule has 1 aliphatic heterocycles. The van der Waals surface area contributed by atoms with Crippen LogP contribution in [0, 0.1) is 26.7 Å². The summed E-state index contributed by atoms with van der Waals surface area (Å²) in [5.74, 6) is 3.72. The predicted octanol–water partition coefficient (Wildman–Crippen LogP) is 3.70. The zero-order valence-corrected chi connectivity index (χ0v) is 19.3. The van der Waals surface area contributed by atoms with Crippen LogP contribution in [0.3, 0.4) is 0 Å². The molecule has 1 saturated heterocycles. The number of nitrogens with zero attached hydrogens (tertiary/aromatic N) is 3. The van der Waals surface area contributed by atoms with E-state index in [1.54, 1.807) is 14.2 Å². The number of nitrogens with one attached hydrogen (secondary N) is 1. The Hall–Kier alpha value is -3.29. The smallest absolute Gasteiger partial charge is 0.231 e. The van der Waals surface area contributed by atoms with Crippen molar-refractivity contribution in [2.75, 3.05) is 32.2 Å². The molecule has 1 amide bonds. The molecule has 8 nitrogen and oxygen atoms in total. The van der Waals surface area contributed by atoms with E-state index in [0.29, 0.717) is 24.6 Å². The van der Waals surface area contributed by atoms with E-state index in [4.69, 9.17) is 18.9 Å². The highest BCUT2D eigenvalue weighted by Gasteiger charge is 2.29. The Kier molecular flexibility index (Phi) is 6.21. The zero-order valence-electron chi connectivity index (χ0n) is 19.3. The second-order valence-electron chi connectivity index (χ2n) is 8.24. The van der Waals surface area contributed by atoms with E-state index >= 15 is 0 Å². The van der Waals surface area contributed by atoms with Crippen molar-refractivity contribution in [3.8, 4) is 11.5 Å². The largest absolute Gasteiger partial charge is 0.497 e. The van der Waals surface area contributed by atoms with Crippen LogP contribution in [0.25, 0.3) is 11.1 Å². The molecule has 3 aromatic rings. The van der Waals surface area contributed by atoms with E-state index in [-0.39, 0.29) is 11.8 Å². The lowest BCUT2D eigenvalue weighted by atomic mass is 9.96. The molecule has 3 heterocycles. The van der Waals surface area contributed by atoms with Gasteiger partial charge in [0.2, 0.25) is 11.6 Å². The molecule has 0 radical (unpaired) electrons. The van der Waals surface area contributed by atoms with Gasteiger partial charge in [0.15, 0.2) is 0 Å². The summed E-state index contributed by atoms with van der Waals surface area (Å²) in [6.45, 7) is 7.67. The predicted molar refractivity (Wildman–Crippen MR) is 122 cm³/mol. The van der Waals surface area contributed by atoms with Gasteiger partial charge >= 0.3 is 0 Å². The van der Waals surface area contributed by atoms with Crippen LogP contribution in [-0.4, -0.2) is 43.2 Å². The van der Waals surface area contributed by atoms with E-state index in [1.807, 2.05) is 39.0 Å². The minimum absolute atomic E-state index is 0.0293. The number of amides is 1. The third-order valence-electron chi connectivity index (χ3n) is 6.15. The Labute approximate surface area is 187 Å². The number of furan rings is 1. The highest BCUT2D eigenvalue weighted by atomic mass is 16.5. The van der Waals surface area contributed by atoms with Gasteiger partial charge in [-0.1, -0.05) is 0 Å². The number of benzene rings is 1. The zero-order chi connectivity index (χ0) is 22.8. The number of carbonyl (C=O) groups excluding carboxylic acids is 1. The summed E-state index contributed by atoms with van der Waals surface area (Å²) in [7, 11) is 3.24. The van der Waals surface area contributed by atoms with Gasteiger partial charge < -0.3 is 24.1 Å². The van der Waals surface area contributed by atoms with Crippen LogP contribution in [0.15, 0.2) is 22.6 Å². The summed E-state index contributed by atoms with van der Waals surface area (Å²) in [6, 6.07) is 5.57. The lowest BCUT2D eigenvalue weighted by molar-refractivity contribution is -0.125. The highest BCUT2D eigenvalue weighted by molar-refractivity contribution is 5.90. The number of carbonyl (C=O) groups is 1. The highest BCUT2D eigenvalue weighted by Crippen LogP contribution is 2.33. The van der Waals surface area contributed by atoms with Crippen molar-refractivity contribution in [3.63, 3.8) is 0 Å². The molecule has 0 bridgehead atoms. The fourth-order valence-electron chi connectivity index (χ4n) is 4.29. The number of methoxy groups -OCH3 is 2. The van der Waals surface area contributed by atoms with Gasteiger partial charge in [-0.05, 0) is 51.8 Å². The second-order valence-corrected chi connectivity index (χ2v) is 8.24. The first-order chi connectivity index (χ1) is 15.4. The van der Waals surface area contributed by atoms with E-state index in [9.17, 15) is 4.79 Å². The van der Waals surface area contributed by atoms with E-state index in [1.165, 1.54) is 0 Å². The third kappa shape index (κ3) is 4.22. The third-order valence-corrected chi connectivity index (χ3v) is 6.15. The molecule has 0 spiro atoms. The molecule has 0 saturated carbocycles. The number of aromatic nitrogens is 2. The Bertz CT molecular complexity index is 1140. The van der Waals surface area contributed by atoms with Crippen LogP contribution in [0.1, 0.15) is 35.6 Å². The second kappa shape index (κ2) is 9.06. The topological polar surface area (TPSA) is 89.7 Å². The van der Waals surface area contributed by atoms with Gasteiger partial charge in [0.25, 0.3) is 0 Å². The van der Waals surface area contributed by atoms with Gasteiger partial charge in [0, 0.05) is 30.8 Å². The lowest BCUT2D eigenvalue weighted by Gasteiger charge is -2.33. The maximum atomic E-state index is 13.0. The van der Waals surface area contributed by atoms with Crippen LogP contribution in [-0.2, 0) is 11.3 Å². The summed E-state index contributed by atoms with van der Waals surface area (Å²) >= 11 is 0. The summed E-state index contributed by atoms with van der Waals surface area (Å²) in [4.78, 5) is 24.4. The number of anilines is 1. The van der Waals surface area contributed by atoms with Gasteiger partial charge in [-0.3, -0.25) is 4.79 Å². The number of ether oxygens (including phenoxy) is 2. The Morgan fingerprint density at radius 3 is 2.78 bits per heavy atom. The summed E-state index contributed by atoms with van der Waals surface area (Å²) in [6.07, 6.45) is 1.76. The molecule has 170 valence electrons. The molecule has 32 heavy (non-hydrogen) atoms.